The second-order valence-electron chi connectivity index (χ2n) is 5.88. The quantitative estimate of drug-likeness (QED) is 0.640. The topological polar surface area (TPSA) is 24.1 Å². The lowest BCUT2D eigenvalue weighted by molar-refractivity contribution is 0.463. The van der Waals surface area contributed by atoms with Gasteiger partial charge < -0.3 is 10.6 Å². The average molecular weight is 296 g/mol. The van der Waals surface area contributed by atoms with Crippen molar-refractivity contribution in [3.8, 4) is 0 Å². The molecule has 1 aliphatic heterocycles. The van der Waals surface area contributed by atoms with E-state index in [1.54, 1.807) is 0 Å². The number of para-hydroxylation sites is 2. The molecule has 2 N–H and O–H groups in total. The first-order chi connectivity index (χ1) is 10.4. The Morgan fingerprint density at radius 2 is 1.71 bits per heavy atom. The van der Waals surface area contributed by atoms with Gasteiger partial charge in [-0.3, -0.25) is 0 Å². The van der Waals surface area contributed by atoms with E-state index < -0.39 is 0 Å². The molecule has 2 nitrogen and oxygen atoms in total. The molecule has 1 aliphatic carbocycles. The molecule has 1 saturated carbocycles. The number of nitrogens with one attached hydrogen (secondary N) is 2. The Bertz CT molecular complexity index is 647. The van der Waals surface area contributed by atoms with Crippen molar-refractivity contribution in [3.05, 3.63) is 42.5 Å². The summed E-state index contributed by atoms with van der Waals surface area (Å²) in [7, 11) is 0. The van der Waals surface area contributed by atoms with Crippen LogP contribution >= 0.6 is 11.8 Å². The molecule has 3 heteroatoms. The lowest BCUT2D eigenvalue weighted by atomic mass is 9.95. The van der Waals surface area contributed by atoms with E-state index in [0.29, 0.717) is 6.04 Å². The Morgan fingerprint density at radius 1 is 0.905 bits per heavy atom. The Labute approximate surface area is 130 Å². The lowest BCUT2D eigenvalue weighted by Crippen LogP contribution is -2.23. The zero-order chi connectivity index (χ0) is 14.1. The second-order valence-corrected chi connectivity index (χ2v) is 6.96. The smallest absolute Gasteiger partial charge is 0.0762 e. The van der Waals surface area contributed by atoms with Crippen LogP contribution < -0.4 is 10.6 Å². The van der Waals surface area contributed by atoms with Crippen LogP contribution in [0.15, 0.2) is 52.3 Å². The van der Waals surface area contributed by atoms with Crippen LogP contribution in [0.1, 0.15) is 32.1 Å². The summed E-state index contributed by atoms with van der Waals surface area (Å²) >= 11 is 1.86. The molecule has 2 aliphatic rings. The van der Waals surface area contributed by atoms with Crippen molar-refractivity contribution in [2.75, 3.05) is 10.6 Å². The molecule has 0 bridgehead atoms. The van der Waals surface area contributed by atoms with Crippen LogP contribution in [0.2, 0.25) is 0 Å². The van der Waals surface area contributed by atoms with Gasteiger partial charge in [0.2, 0.25) is 0 Å². The van der Waals surface area contributed by atoms with Gasteiger partial charge in [0, 0.05) is 15.8 Å². The van der Waals surface area contributed by atoms with E-state index in [0.717, 1.165) is 0 Å². The fourth-order valence-electron chi connectivity index (χ4n) is 3.24. The van der Waals surface area contributed by atoms with E-state index in [1.807, 2.05) is 11.8 Å². The van der Waals surface area contributed by atoms with E-state index in [1.165, 1.54) is 59.0 Å². The normalized spacial score (nSPS) is 17.5. The summed E-state index contributed by atoms with van der Waals surface area (Å²) in [5, 5.41) is 7.38. The molecule has 0 unspecified atom stereocenters. The van der Waals surface area contributed by atoms with Gasteiger partial charge in [0.15, 0.2) is 0 Å². The molecule has 0 spiro atoms. The third kappa shape index (κ3) is 2.62. The SMILES string of the molecule is c1ccc2c(c1)Nc1c(NC3CCCCC3)cccc1S2. The predicted octanol–water partition coefficient (Wildman–Crippen LogP) is 5.64. The van der Waals surface area contributed by atoms with E-state index in [9.17, 15) is 0 Å². The van der Waals surface area contributed by atoms with E-state index in [-0.39, 0.29) is 0 Å². The van der Waals surface area contributed by atoms with Crippen molar-refractivity contribution >= 4 is 28.8 Å². The summed E-state index contributed by atoms with van der Waals surface area (Å²) in [6.45, 7) is 0. The number of benzene rings is 2. The second kappa shape index (κ2) is 5.64. The van der Waals surface area contributed by atoms with Crippen LogP contribution in [0.4, 0.5) is 17.1 Å². The van der Waals surface area contributed by atoms with Crippen molar-refractivity contribution in [1.82, 2.24) is 0 Å². The van der Waals surface area contributed by atoms with Crippen LogP contribution in [0.3, 0.4) is 0 Å². The monoisotopic (exact) mass is 296 g/mol. The first kappa shape index (κ1) is 13.1. The largest absolute Gasteiger partial charge is 0.381 e. The molecule has 4 rings (SSSR count). The molecule has 0 aromatic heterocycles. The van der Waals surface area contributed by atoms with Crippen LogP contribution in [0.25, 0.3) is 0 Å². The zero-order valence-corrected chi connectivity index (χ0v) is 12.9. The van der Waals surface area contributed by atoms with Gasteiger partial charge in [-0.1, -0.05) is 49.2 Å². The predicted molar refractivity (Wildman–Crippen MR) is 90.8 cm³/mol. The van der Waals surface area contributed by atoms with Crippen LogP contribution in [-0.4, -0.2) is 6.04 Å². The number of anilines is 3. The molecule has 0 atom stereocenters. The molecule has 108 valence electrons. The summed E-state index contributed by atoms with van der Waals surface area (Å²) in [5.41, 5.74) is 3.71. The number of rotatable bonds is 2. The highest BCUT2D eigenvalue weighted by atomic mass is 32.2. The Morgan fingerprint density at radius 3 is 2.62 bits per heavy atom. The average Bonchev–Trinajstić information content (AvgIpc) is 2.54. The van der Waals surface area contributed by atoms with Crippen LogP contribution in [0.5, 0.6) is 0 Å². The van der Waals surface area contributed by atoms with Crippen LogP contribution in [-0.2, 0) is 0 Å². The van der Waals surface area contributed by atoms with Gasteiger partial charge in [0.1, 0.15) is 0 Å². The van der Waals surface area contributed by atoms with Gasteiger partial charge in [0.25, 0.3) is 0 Å². The molecule has 1 heterocycles. The molecule has 2 aromatic carbocycles. The minimum absolute atomic E-state index is 0.634. The van der Waals surface area contributed by atoms with E-state index in [2.05, 4.69) is 53.1 Å². The van der Waals surface area contributed by atoms with Crippen molar-refractivity contribution in [2.45, 2.75) is 47.9 Å². The first-order valence-electron chi connectivity index (χ1n) is 7.83. The van der Waals surface area contributed by atoms with Gasteiger partial charge in [-0.25, -0.2) is 0 Å². The third-order valence-electron chi connectivity index (χ3n) is 4.36. The van der Waals surface area contributed by atoms with Gasteiger partial charge in [0.05, 0.1) is 17.1 Å². The van der Waals surface area contributed by atoms with Crippen molar-refractivity contribution in [3.63, 3.8) is 0 Å². The Kier molecular flexibility index (Phi) is 3.52. The highest BCUT2D eigenvalue weighted by Crippen LogP contribution is 2.47. The van der Waals surface area contributed by atoms with Gasteiger partial charge in [-0.15, -0.1) is 0 Å². The van der Waals surface area contributed by atoms with Crippen molar-refractivity contribution in [2.24, 2.45) is 0 Å². The minimum atomic E-state index is 0.634. The zero-order valence-electron chi connectivity index (χ0n) is 12.1. The summed E-state index contributed by atoms with van der Waals surface area (Å²) in [5.74, 6) is 0. The summed E-state index contributed by atoms with van der Waals surface area (Å²) < 4.78 is 0. The maximum atomic E-state index is 3.76. The summed E-state index contributed by atoms with van der Waals surface area (Å²) in [6, 6.07) is 15.7. The first-order valence-corrected chi connectivity index (χ1v) is 8.65. The number of fused-ring (bicyclic) bond motifs is 2. The molecule has 1 fully saturated rings. The maximum absolute atomic E-state index is 3.76. The highest BCUT2D eigenvalue weighted by molar-refractivity contribution is 7.99. The number of hydrogen-bond donors (Lipinski definition) is 2. The highest BCUT2D eigenvalue weighted by Gasteiger charge is 2.20. The van der Waals surface area contributed by atoms with Crippen molar-refractivity contribution < 1.29 is 0 Å². The molecule has 0 radical (unpaired) electrons. The Balaban J connectivity index is 1.63. The van der Waals surface area contributed by atoms with E-state index in [4.69, 9.17) is 0 Å². The van der Waals surface area contributed by atoms with Gasteiger partial charge in [-0.2, -0.15) is 0 Å². The minimum Gasteiger partial charge on any atom is -0.381 e. The van der Waals surface area contributed by atoms with Crippen LogP contribution in [0, 0.1) is 0 Å². The molecule has 0 amide bonds. The Hall–Kier alpha value is -1.61. The number of hydrogen-bond acceptors (Lipinski definition) is 3. The van der Waals surface area contributed by atoms with E-state index >= 15 is 0 Å². The third-order valence-corrected chi connectivity index (χ3v) is 5.49. The fraction of sp³-hybridized carbons (Fsp3) is 0.333. The molecular weight excluding hydrogens is 276 g/mol. The molecule has 21 heavy (non-hydrogen) atoms. The molecule has 2 aromatic rings. The standard InChI is InChI=1S/C18H20N2S/c1-2-7-13(8-3-1)19-15-10-6-12-17-18(15)20-14-9-4-5-11-16(14)21-17/h4-6,9-13,19-20H,1-3,7-8H2. The van der Waals surface area contributed by atoms with Gasteiger partial charge in [-0.05, 0) is 37.1 Å². The molecule has 0 saturated heterocycles. The fourth-order valence-corrected chi connectivity index (χ4v) is 4.27. The molecular formula is C18H20N2S. The maximum Gasteiger partial charge on any atom is 0.0762 e. The lowest BCUT2D eigenvalue weighted by Gasteiger charge is -2.28. The van der Waals surface area contributed by atoms with Gasteiger partial charge >= 0.3 is 0 Å². The van der Waals surface area contributed by atoms with Crippen molar-refractivity contribution in [1.29, 1.82) is 0 Å². The summed E-state index contributed by atoms with van der Waals surface area (Å²) in [4.78, 5) is 2.62. The summed E-state index contributed by atoms with van der Waals surface area (Å²) in [6.07, 6.45) is 6.71.